The second-order valence-electron chi connectivity index (χ2n) is 10.0. The molecular weight excluding hydrogens is 496 g/mol. The molecule has 0 aliphatic heterocycles. The van der Waals surface area contributed by atoms with E-state index in [0.29, 0.717) is 0 Å². The number of hydrogen-bond donors (Lipinski definition) is 3. The monoisotopic (exact) mass is 530 g/mol. The first-order valence-electron chi connectivity index (χ1n) is 13.1. The summed E-state index contributed by atoms with van der Waals surface area (Å²) in [6.45, 7) is 5.42. The number of benzene rings is 3. The molecule has 3 atom stereocenters. The van der Waals surface area contributed by atoms with Crippen molar-refractivity contribution in [3.63, 3.8) is 0 Å². The van der Waals surface area contributed by atoms with Gasteiger partial charge in [-0.3, -0.25) is 4.79 Å². The zero-order chi connectivity index (χ0) is 27.9. The second kappa shape index (κ2) is 12.6. The number of ether oxygens (including phenoxy) is 2. The van der Waals surface area contributed by atoms with Crippen LogP contribution in [0.4, 0.5) is 4.79 Å². The largest absolute Gasteiger partial charge is 0.480 e. The van der Waals surface area contributed by atoms with E-state index in [2.05, 4.69) is 22.8 Å². The molecular formula is C31H34N2O6. The number of rotatable bonds is 11. The molecule has 0 fully saturated rings. The average molecular weight is 531 g/mol. The average Bonchev–Trinajstić information content (AvgIpc) is 3.26. The smallest absolute Gasteiger partial charge is 0.407 e. The third-order valence-electron chi connectivity index (χ3n) is 6.96. The van der Waals surface area contributed by atoms with Crippen LogP contribution in [0.25, 0.3) is 11.1 Å². The van der Waals surface area contributed by atoms with Gasteiger partial charge in [-0.25, -0.2) is 9.59 Å². The molecule has 1 aliphatic carbocycles. The van der Waals surface area contributed by atoms with Crippen LogP contribution in [0.15, 0.2) is 78.9 Å². The van der Waals surface area contributed by atoms with E-state index >= 15 is 0 Å². The van der Waals surface area contributed by atoms with Crippen molar-refractivity contribution in [2.45, 2.75) is 51.5 Å². The zero-order valence-electron chi connectivity index (χ0n) is 22.3. The summed E-state index contributed by atoms with van der Waals surface area (Å²) >= 11 is 0. The fraction of sp³-hybridized carbons (Fsp3) is 0.323. The summed E-state index contributed by atoms with van der Waals surface area (Å²) in [7, 11) is 0. The Morgan fingerprint density at radius 2 is 1.36 bits per heavy atom. The first-order valence-corrected chi connectivity index (χ1v) is 13.1. The molecule has 0 aromatic heterocycles. The molecule has 3 aromatic rings. The minimum absolute atomic E-state index is 0.106. The minimum atomic E-state index is -1.30. The lowest BCUT2D eigenvalue weighted by atomic mass is 9.98. The molecule has 2 amide bonds. The van der Waals surface area contributed by atoms with Gasteiger partial charge >= 0.3 is 12.1 Å². The molecule has 204 valence electrons. The predicted octanol–water partition coefficient (Wildman–Crippen LogP) is 4.72. The maximum atomic E-state index is 13.1. The molecule has 8 nitrogen and oxygen atoms in total. The summed E-state index contributed by atoms with van der Waals surface area (Å²) in [5.41, 5.74) is 5.28. The van der Waals surface area contributed by atoms with E-state index in [4.69, 9.17) is 9.47 Å². The van der Waals surface area contributed by atoms with E-state index in [-0.39, 0.29) is 25.0 Å². The number of carbonyl (C=O) groups excluding carboxylic acids is 2. The Labute approximate surface area is 228 Å². The molecule has 0 radical (unpaired) electrons. The SMILES string of the molecule is CC(C)[C@@H](NC(=O)OCC1c2ccccc2-c2ccccc21)C(=O)N[C@H](C(=O)O)[C@@H](C)OCc1ccccc1. The lowest BCUT2D eigenvalue weighted by Crippen LogP contribution is -2.56. The molecule has 0 unspecified atom stereocenters. The highest BCUT2D eigenvalue weighted by Crippen LogP contribution is 2.44. The van der Waals surface area contributed by atoms with Gasteiger partial charge in [0.2, 0.25) is 5.91 Å². The maximum Gasteiger partial charge on any atom is 0.407 e. The van der Waals surface area contributed by atoms with Gasteiger partial charge < -0.3 is 25.2 Å². The van der Waals surface area contributed by atoms with Crippen LogP contribution in [0.3, 0.4) is 0 Å². The number of fused-ring (bicyclic) bond motifs is 3. The summed E-state index contributed by atoms with van der Waals surface area (Å²) in [4.78, 5) is 37.8. The van der Waals surface area contributed by atoms with Gasteiger partial charge in [0, 0.05) is 5.92 Å². The summed E-state index contributed by atoms with van der Waals surface area (Å²) in [5.74, 6) is -2.29. The van der Waals surface area contributed by atoms with Crippen LogP contribution in [0, 0.1) is 5.92 Å². The van der Waals surface area contributed by atoms with Crippen LogP contribution in [0.1, 0.15) is 43.4 Å². The van der Waals surface area contributed by atoms with Crippen molar-refractivity contribution in [3.8, 4) is 11.1 Å². The number of hydrogen-bond acceptors (Lipinski definition) is 5. The van der Waals surface area contributed by atoms with Gasteiger partial charge in [0.05, 0.1) is 12.7 Å². The molecule has 0 saturated carbocycles. The Balaban J connectivity index is 1.36. The van der Waals surface area contributed by atoms with Crippen LogP contribution in [0.2, 0.25) is 0 Å². The van der Waals surface area contributed by atoms with Crippen molar-refractivity contribution in [2.24, 2.45) is 5.92 Å². The first-order chi connectivity index (χ1) is 18.8. The normalized spacial score (nSPS) is 14.6. The van der Waals surface area contributed by atoms with E-state index in [1.807, 2.05) is 66.7 Å². The van der Waals surface area contributed by atoms with E-state index in [1.54, 1.807) is 20.8 Å². The Hall–Kier alpha value is -4.17. The van der Waals surface area contributed by atoms with Crippen molar-refractivity contribution in [1.29, 1.82) is 0 Å². The highest BCUT2D eigenvalue weighted by Gasteiger charge is 2.33. The molecule has 0 saturated heterocycles. The van der Waals surface area contributed by atoms with Crippen LogP contribution in [-0.2, 0) is 25.7 Å². The molecule has 3 aromatic carbocycles. The first kappa shape index (κ1) is 27.9. The molecule has 8 heteroatoms. The quantitative estimate of drug-likeness (QED) is 0.331. The van der Waals surface area contributed by atoms with Crippen LogP contribution >= 0.6 is 0 Å². The van der Waals surface area contributed by atoms with Gasteiger partial charge in [-0.1, -0.05) is 92.7 Å². The Bertz CT molecular complexity index is 1260. The summed E-state index contributed by atoms with van der Waals surface area (Å²) in [6, 6.07) is 23.1. The highest BCUT2D eigenvalue weighted by atomic mass is 16.5. The zero-order valence-corrected chi connectivity index (χ0v) is 22.3. The van der Waals surface area contributed by atoms with Gasteiger partial charge in [0.15, 0.2) is 6.04 Å². The molecule has 0 heterocycles. The number of carboxylic acids is 1. The van der Waals surface area contributed by atoms with Gasteiger partial charge in [0.1, 0.15) is 12.6 Å². The van der Waals surface area contributed by atoms with Gasteiger partial charge in [-0.2, -0.15) is 0 Å². The topological polar surface area (TPSA) is 114 Å². The van der Waals surface area contributed by atoms with Crippen molar-refractivity contribution in [1.82, 2.24) is 10.6 Å². The Morgan fingerprint density at radius 1 is 0.795 bits per heavy atom. The number of alkyl carbamates (subject to hydrolysis) is 1. The maximum absolute atomic E-state index is 13.1. The summed E-state index contributed by atoms with van der Waals surface area (Å²) in [6.07, 6.45) is -1.56. The number of aliphatic carboxylic acids is 1. The summed E-state index contributed by atoms with van der Waals surface area (Å²) < 4.78 is 11.3. The molecule has 0 bridgehead atoms. The molecule has 4 rings (SSSR count). The predicted molar refractivity (Wildman–Crippen MR) is 147 cm³/mol. The van der Waals surface area contributed by atoms with Crippen molar-refractivity contribution < 1.29 is 29.0 Å². The van der Waals surface area contributed by atoms with Gasteiger partial charge in [-0.15, -0.1) is 0 Å². The highest BCUT2D eigenvalue weighted by molar-refractivity contribution is 5.89. The van der Waals surface area contributed by atoms with Crippen molar-refractivity contribution in [2.75, 3.05) is 6.61 Å². The van der Waals surface area contributed by atoms with Crippen LogP contribution < -0.4 is 10.6 Å². The molecule has 1 aliphatic rings. The van der Waals surface area contributed by atoms with Crippen molar-refractivity contribution in [3.05, 3.63) is 95.6 Å². The van der Waals surface area contributed by atoms with E-state index in [9.17, 15) is 19.5 Å². The van der Waals surface area contributed by atoms with E-state index in [0.717, 1.165) is 27.8 Å². The van der Waals surface area contributed by atoms with Crippen LogP contribution in [-0.4, -0.2) is 47.9 Å². The number of carbonyl (C=O) groups is 3. The number of carboxylic acid groups (broad SMARTS) is 1. The standard InChI is InChI=1S/C31H34N2O6/c1-19(2)27(29(34)32-28(30(35)36)20(3)38-17-21-11-5-4-6-12-21)33-31(37)39-18-26-24-15-9-7-13-22(24)23-14-8-10-16-25(23)26/h4-16,19-20,26-28H,17-18H2,1-3H3,(H,32,34)(H,33,37)(H,35,36)/t20-,27-,28+/m1/s1. The van der Waals surface area contributed by atoms with Gasteiger partial charge in [-0.05, 0) is 40.7 Å². The number of amides is 2. The molecule has 39 heavy (non-hydrogen) atoms. The van der Waals surface area contributed by atoms with E-state index in [1.165, 1.54) is 0 Å². The molecule has 3 N–H and O–H groups in total. The third kappa shape index (κ3) is 6.64. The lowest BCUT2D eigenvalue weighted by Gasteiger charge is -2.26. The minimum Gasteiger partial charge on any atom is -0.480 e. The van der Waals surface area contributed by atoms with Crippen molar-refractivity contribution >= 4 is 18.0 Å². The van der Waals surface area contributed by atoms with Gasteiger partial charge in [0.25, 0.3) is 0 Å². The summed E-state index contributed by atoms with van der Waals surface area (Å²) in [5, 5.41) is 14.9. The second-order valence-corrected chi connectivity index (χ2v) is 10.0. The number of nitrogens with one attached hydrogen (secondary N) is 2. The fourth-order valence-corrected chi connectivity index (χ4v) is 4.82. The van der Waals surface area contributed by atoms with Crippen LogP contribution in [0.5, 0.6) is 0 Å². The Morgan fingerprint density at radius 3 is 1.92 bits per heavy atom. The Kier molecular flexibility index (Phi) is 8.99. The third-order valence-corrected chi connectivity index (χ3v) is 6.96. The fourth-order valence-electron chi connectivity index (χ4n) is 4.82. The van der Waals surface area contributed by atoms with E-state index < -0.39 is 36.2 Å². The molecule has 0 spiro atoms. The lowest BCUT2D eigenvalue weighted by molar-refractivity contribution is -0.147.